The van der Waals surface area contributed by atoms with Gasteiger partial charge in [0.05, 0.1) is 0 Å². The molecule has 1 atom stereocenters. The average Bonchev–Trinajstić information content (AvgIpc) is 2.19. The predicted octanol–water partition coefficient (Wildman–Crippen LogP) is 3.60. The Morgan fingerprint density at radius 2 is 1.69 bits per heavy atom. The van der Waals surface area contributed by atoms with Crippen LogP contribution in [0.2, 0.25) is 5.02 Å². The van der Waals surface area contributed by atoms with Crippen LogP contribution in [0, 0.1) is 5.41 Å². The van der Waals surface area contributed by atoms with Gasteiger partial charge in [0, 0.05) is 18.0 Å². The number of benzene rings is 1. The van der Waals surface area contributed by atoms with E-state index in [2.05, 4.69) is 0 Å². The normalized spacial score (nSPS) is 15.9. The van der Waals surface area contributed by atoms with Gasteiger partial charge in [0.2, 0.25) is 0 Å². The zero-order valence-corrected chi connectivity index (χ0v) is 10.8. The molecule has 0 amide bonds. The molecule has 1 nitrogen and oxygen atoms in total. The Kier molecular flexibility index (Phi) is 3.97. The molecule has 16 heavy (non-hydrogen) atoms. The highest BCUT2D eigenvalue weighted by Crippen LogP contribution is 2.36. The van der Waals surface area contributed by atoms with Gasteiger partial charge in [-0.3, -0.25) is 0 Å². The van der Waals surface area contributed by atoms with Crippen LogP contribution in [0.4, 0.5) is 4.39 Å². The number of nitrogens with two attached hydrogens (primary N) is 1. The Hall–Kier alpha value is -0.600. The molecule has 0 aliphatic rings. The summed E-state index contributed by atoms with van der Waals surface area (Å²) < 4.78 is 14.7. The van der Waals surface area contributed by atoms with E-state index >= 15 is 0 Å². The fraction of sp³-hybridized carbons (Fsp3) is 0.538. The summed E-state index contributed by atoms with van der Waals surface area (Å²) in [6.45, 7) is 5.64. The first-order valence-corrected chi connectivity index (χ1v) is 5.80. The smallest absolute Gasteiger partial charge is 0.132 e. The molecule has 0 saturated carbocycles. The van der Waals surface area contributed by atoms with E-state index < -0.39 is 11.1 Å². The second-order valence-electron chi connectivity index (χ2n) is 5.22. The van der Waals surface area contributed by atoms with Crippen LogP contribution in [0.1, 0.15) is 26.3 Å². The van der Waals surface area contributed by atoms with Gasteiger partial charge in [-0.05, 0) is 23.1 Å². The Morgan fingerprint density at radius 3 is 2.06 bits per heavy atom. The lowest BCUT2D eigenvalue weighted by Crippen LogP contribution is -2.47. The van der Waals surface area contributed by atoms with Gasteiger partial charge in [0.1, 0.15) is 5.67 Å². The molecule has 0 aromatic heterocycles. The van der Waals surface area contributed by atoms with Gasteiger partial charge in [0.15, 0.2) is 0 Å². The third-order valence-corrected chi connectivity index (χ3v) is 3.32. The molecule has 0 radical (unpaired) electrons. The molecule has 0 aliphatic heterocycles. The van der Waals surface area contributed by atoms with Gasteiger partial charge < -0.3 is 5.73 Å². The summed E-state index contributed by atoms with van der Waals surface area (Å²) in [5, 5.41) is 0.664. The van der Waals surface area contributed by atoms with Gasteiger partial charge in [-0.2, -0.15) is 0 Å². The van der Waals surface area contributed by atoms with Crippen molar-refractivity contribution >= 4 is 11.6 Å². The molecule has 0 bridgehead atoms. The molecule has 1 aromatic carbocycles. The number of alkyl halides is 1. The Morgan fingerprint density at radius 1 is 1.19 bits per heavy atom. The quantitative estimate of drug-likeness (QED) is 0.863. The lowest BCUT2D eigenvalue weighted by molar-refractivity contribution is 0.0382. The molecule has 0 heterocycles. The molecule has 0 spiro atoms. The fourth-order valence-electron chi connectivity index (χ4n) is 1.57. The number of halogens is 2. The maximum atomic E-state index is 14.7. The summed E-state index contributed by atoms with van der Waals surface area (Å²) in [6, 6.07) is 7.24. The van der Waals surface area contributed by atoms with Crippen molar-refractivity contribution in [2.45, 2.75) is 32.9 Å². The van der Waals surface area contributed by atoms with Gasteiger partial charge in [-0.25, -0.2) is 4.39 Å². The predicted molar refractivity (Wildman–Crippen MR) is 67.5 cm³/mol. The third kappa shape index (κ3) is 2.96. The molecule has 2 N–H and O–H groups in total. The van der Waals surface area contributed by atoms with Crippen molar-refractivity contribution in [1.82, 2.24) is 0 Å². The Bertz CT molecular complexity index is 342. The summed E-state index contributed by atoms with van der Waals surface area (Å²) in [5.74, 6) is 0. The second kappa shape index (κ2) is 4.72. The molecule has 0 aliphatic carbocycles. The van der Waals surface area contributed by atoms with Gasteiger partial charge >= 0.3 is 0 Å². The lowest BCUT2D eigenvalue weighted by Gasteiger charge is -2.37. The molecule has 1 rings (SSSR count). The molecule has 3 heteroatoms. The third-order valence-electron chi connectivity index (χ3n) is 3.07. The first-order valence-electron chi connectivity index (χ1n) is 5.42. The van der Waals surface area contributed by atoms with Crippen molar-refractivity contribution in [3.05, 3.63) is 34.9 Å². The first-order chi connectivity index (χ1) is 7.28. The van der Waals surface area contributed by atoms with Gasteiger partial charge in [-0.1, -0.05) is 44.5 Å². The van der Waals surface area contributed by atoms with Crippen LogP contribution in [0.3, 0.4) is 0 Å². The zero-order chi connectivity index (χ0) is 12.4. The van der Waals surface area contributed by atoms with Crippen LogP contribution in [-0.4, -0.2) is 12.2 Å². The maximum absolute atomic E-state index is 14.7. The van der Waals surface area contributed by atoms with Crippen LogP contribution < -0.4 is 5.73 Å². The van der Waals surface area contributed by atoms with Crippen LogP contribution in [0.25, 0.3) is 0 Å². The minimum Gasteiger partial charge on any atom is -0.327 e. The van der Waals surface area contributed by atoms with E-state index in [0.29, 0.717) is 11.4 Å². The highest BCUT2D eigenvalue weighted by molar-refractivity contribution is 6.30. The SMILES string of the molecule is CC(C)(C)C(F)(CN)Cc1ccc(Cl)cc1. The van der Waals surface area contributed by atoms with E-state index in [0.717, 1.165) is 5.56 Å². The molecular weight excluding hydrogens is 225 g/mol. The largest absolute Gasteiger partial charge is 0.327 e. The van der Waals surface area contributed by atoms with E-state index in [9.17, 15) is 4.39 Å². The van der Waals surface area contributed by atoms with Crippen molar-refractivity contribution in [2.75, 3.05) is 6.54 Å². The van der Waals surface area contributed by atoms with Crippen LogP contribution in [-0.2, 0) is 6.42 Å². The fourth-order valence-corrected chi connectivity index (χ4v) is 1.70. The number of rotatable bonds is 3. The summed E-state index contributed by atoms with van der Waals surface area (Å²) in [4.78, 5) is 0. The standard InChI is InChI=1S/C13H19ClFN/c1-12(2,3)13(15,9-16)8-10-4-6-11(14)7-5-10/h4-7H,8-9,16H2,1-3H3. The molecule has 1 aromatic rings. The van der Waals surface area contributed by atoms with E-state index in [1.807, 2.05) is 32.9 Å². The zero-order valence-electron chi connectivity index (χ0n) is 10.1. The second-order valence-corrected chi connectivity index (χ2v) is 5.66. The van der Waals surface area contributed by atoms with E-state index in [4.69, 9.17) is 17.3 Å². The summed E-state index contributed by atoms with van der Waals surface area (Å²) >= 11 is 5.79. The van der Waals surface area contributed by atoms with Crippen LogP contribution in [0.5, 0.6) is 0 Å². The summed E-state index contributed by atoms with van der Waals surface area (Å²) in [6.07, 6.45) is 0.324. The van der Waals surface area contributed by atoms with E-state index in [-0.39, 0.29) is 6.54 Å². The van der Waals surface area contributed by atoms with Gasteiger partial charge in [0.25, 0.3) is 0 Å². The first kappa shape index (κ1) is 13.5. The highest BCUT2D eigenvalue weighted by atomic mass is 35.5. The van der Waals surface area contributed by atoms with E-state index in [1.165, 1.54) is 0 Å². The number of hydrogen-bond acceptors (Lipinski definition) is 1. The van der Waals surface area contributed by atoms with Crippen molar-refractivity contribution in [3.8, 4) is 0 Å². The molecule has 0 fully saturated rings. The van der Waals surface area contributed by atoms with Crippen molar-refractivity contribution in [2.24, 2.45) is 11.1 Å². The summed E-state index contributed by atoms with van der Waals surface area (Å²) in [7, 11) is 0. The minimum absolute atomic E-state index is 0.0269. The van der Waals surface area contributed by atoms with Crippen LogP contribution >= 0.6 is 11.6 Å². The monoisotopic (exact) mass is 243 g/mol. The lowest BCUT2D eigenvalue weighted by atomic mass is 9.74. The van der Waals surface area contributed by atoms with E-state index in [1.54, 1.807) is 12.1 Å². The Balaban J connectivity index is 2.89. The summed E-state index contributed by atoms with van der Waals surface area (Å²) in [5.41, 5.74) is 4.63. The molecule has 0 saturated heterocycles. The minimum atomic E-state index is -1.39. The van der Waals surface area contributed by atoms with Crippen molar-refractivity contribution in [1.29, 1.82) is 0 Å². The molecule has 90 valence electrons. The highest BCUT2D eigenvalue weighted by Gasteiger charge is 2.41. The van der Waals surface area contributed by atoms with Gasteiger partial charge in [-0.15, -0.1) is 0 Å². The van der Waals surface area contributed by atoms with Crippen molar-refractivity contribution < 1.29 is 4.39 Å². The molecule has 1 unspecified atom stereocenters. The van der Waals surface area contributed by atoms with Crippen molar-refractivity contribution in [3.63, 3.8) is 0 Å². The Labute approximate surface area is 102 Å². The number of hydrogen-bond donors (Lipinski definition) is 1. The molecular formula is C13H19ClFN. The topological polar surface area (TPSA) is 26.0 Å². The average molecular weight is 244 g/mol. The van der Waals surface area contributed by atoms with Crippen LogP contribution in [0.15, 0.2) is 24.3 Å². The maximum Gasteiger partial charge on any atom is 0.132 e.